The van der Waals surface area contributed by atoms with Gasteiger partial charge >= 0.3 is 6.03 Å². The van der Waals surface area contributed by atoms with E-state index in [2.05, 4.69) is 24.4 Å². The van der Waals surface area contributed by atoms with Gasteiger partial charge in [0.2, 0.25) is 0 Å². The van der Waals surface area contributed by atoms with Gasteiger partial charge in [0.1, 0.15) is 0 Å². The lowest BCUT2D eigenvalue weighted by molar-refractivity contribution is 0.218. The van der Waals surface area contributed by atoms with Gasteiger partial charge in [-0.25, -0.2) is 4.79 Å². The molecular weight excluding hydrogens is 188 g/mol. The second-order valence-electron chi connectivity index (χ2n) is 3.90. The standard InChI is InChI=1S/C12H16N2O/c1-10-4-2-3-5-11(10)6-8-14-9-7-13-12(14)15/h2-5H,6-9H2,1H3,(H,13,15). The van der Waals surface area contributed by atoms with Crippen LogP contribution in [0.4, 0.5) is 4.79 Å². The van der Waals surface area contributed by atoms with Gasteiger partial charge in [0.15, 0.2) is 0 Å². The molecule has 2 rings (SSSR count). The fourth-order valence-electron chi connectivity index (χ4n) is 1.87. The zero-order valence-electron chi connectivity index (χ0n) is 8.99. The van der Waals surface area contributed by atoms with Crippen molar-refractivity contribution in [3.63, 3.8) is 0 Å². The van der Waals surface area contributed by atoms with Crippen LogP contribution in [0.1, 0.15) is 11.1 Å². The molecule has 0 aromatic heterocycles. The van der Waals surface area contributed by atoms with E-state index < -0.39 is 0 Å². The third-order valence-corrected chi connectivity index (χ3v) is 2.86. The third-order valence-electron chi connectivity index (χ3n) is 2.86. The fourth-order valence-corrected chi connectivity index (χ4v) is 1.87. The summed E-state index contributed by atoms with van der Waals surface area (Å²) in [6, 6.07) is 8.40. The molecular formula is C12H16N2O. The van der Waals surface area contributed by atoms with Crippen LogP contribution in [0.3, 0.4) is 0 Å². The van der Waals surface area contributed by atoms with E-state index in [9.17, 15) is 4.79 Å². The van der Waals surface area contributed by atoms with Crippen molar-refractivity contribution in [2.24, 2.45) is 0 Å². The lowest BCUT2D eigenvalue weighted by atomic mass is 10.1. The van der Waals surface area contributed by atoms with Crippen LogP contribution in [-0.4, -0.2) is 30.6 Å². The second-order valence-corrected chi connectivity index (χ2v) is 3.90. The van der Waals surface area contributed by atoms with E-state index >= 15 is 0 Å². The van der Waals surface area contributed by atoms with Gasteiger partial charge < -0.3 is 10.2 Å². The van der Waals surface area contributed by atoms with Crippen LogP contribution in [0.2, 0.25) is 0 Å². The minimum Gasteiger partial charge on any atom is -0.336 e. The molecule has 2 amide bonds. The quantitative estimate of drug-likeness (QED) is 0.796. The molecule has 0 unspecified atom stereocenters. The molecule has 0 bridgehead atoms. The first-order valence-corrected chi connectivity index (χ1v) is 5.34. The molecule has 1 saturated heterocycles. The highest BCUT2D eigenvalue weighted by atomic mass is 16.2. The Hall–Kier alpha value is -1.51. The number of carbonyl (C=O) groups excluding carboxylic acids is 1. The summed E-state index contributed by atoms with van der Waals surface area (Å²) < 4.78 is 0. The summed E-state index contributed by atoms with van der Waals surface area (Å²) in [4.78, 5) is 13.2. The van der Waals surface area contributed by atoms with Gasteiger partial charge in [-0.05, 0) is 24.5 Å². The molecule has 80 valence electrons. The predicted octanol–water partition coefficient (Wildman–Crippen LogP) is 1.56. The van der Waals surface area contributed by atoms with Crippen molar-refractivity contribution in [3.8, 4) is 0 Å². The summed E-state index contributed by atoms with van der Waals surface area (Å²) in [5, 5.41) is 2.81. The molecule has 0 aliphatic carbocycles. The highest BCUT2D eigenvalue weighted by Gasteiger charge is 2.18. The van der Waals surface area contributed by atoms with E-state index in [-0.39, 0.29) is 6.03 Å². The van der Waals surface area contributed by atoms with Gasteiger partial charge in [0, 0.05) is 19.6 Å². The number of hydrogen-bond donors (Lipinski definition) is 1. The molecule has 1 aromatic carbocycles. The van der Waals surface area contributed by atoms with E-state index in [4.69, 9.17) is 0 Å². The van der Waals surface area contributed by atoms with Gasteiger partial charge in [-0.3, -0.25) is 0 Å². The zero-order valence-corrected chi connectivity index (χ0v) is 8.99. The maximum absolute atomic E-state index is 11.3. The minimum atomic E-state index is 0.0728. The summed E-state index contributed by atoms with van der Waals surface area (Å²) in [6.45, 7) is 4.55. The van der Waals surface area contributed by atoms with Crippen LogP contribution in [0, 0.1) is 6.92 Å². The van der Waals surface area contributed by atoms with Crippen molar-refractivity contribution >= 4 is 6.03 Å². The first-order valence-electron chi connectivity index (χ1n) is 5.34. The molecule has 1 heterocycles. The highest BCUT2D eigenvalue weighted by Crippen LogP contribution is 2.09. The van der Waals surface area contributed by atoms with E-state index in [1.807, 2.05) is 17.0 Å². The number of amides is 2. The van der Waals surface area contributed by atoms with Crippen molar-refractivity contribution in [1.29, 1.82) is 0 Å². The van der Waals surface area contributed by atoms with Gasteiger partial charge in [0.25, 0.3) is 0 Å². The predicted molar refractivity (Wildman–Crippen MR) is 59.9 cm³/mol. The Morgan fingerprint density at radius 2 is 2.20 bits per heavy atom. The van der Waals surface area contributed by atoms with Crippen molar-refractivity contribution in [2.45, 2.75) is 13.3 Å². The molecule has 0 radical (unpaired) electrons. The minimum absolute atomic E-state index is 0.0728. The molecule has 0 atom stereocenters. The van der Waals surface area contributed by atoms with Gasteiger partial charge in [-0.2, -0.15) is 0 Å². The van der Waals surface area contributed by atoms with E-state index in [0.717, 1.165) is 26.1 Å². The van der Waals surface area contributed by atoms with E-state index in [1.54, 1.807) is 0 Å². The number of nitrogens with one attached hydrogen (secondary N) is 1. The summed E-state index contributed by atoms with van der Waals surface area (Å²) in [6.07, 6.45) is 0.945. The number of rotatable bonds is 3. The van der Waals surface area contributed by atoms with Gasteiger partial charge in [0.05, 0.1) is 0 Å². The number of nitrogens with zero attached hydrogens (tertiary/aromatic N) is 1. The Balaban J connectivity index is 1.93. The second kappa shape index (κ2) is 4.34. The molecule has 1 fully saturated rings. The number of urea groups is 1. The van der Waals surface area contributed by atoms with Crippen molar-refractivity contribution < 1.29 is 4.79 Å². The Morgan fingerprint density at radius 1 is 1.40 bits per heavy atom. The first kappa shape index (κ1) is 10.0. The Kier molecular flexibility index (Phi) is 2.90. The van der Waals surface area contributed by atoms with Crippen LogP contribution in [0.5, 0.6) is 0 Å². The average molecular weight is 204 g/mol. The molecule has 1 aliphatic heterocycles. The zero-order chi connectivity index (χ0) is 10.7. The van der Waals surface area contributed by atoms with E-state index in [1.165, 1.54) is 11.1 Å². The number of hydrogen-bond acceptors (Lipinski definition) is 1. The Labute approximate surface area is 90.1 Å². The average Bonchev–Trinajstić information content (AvgIpc) is 2.63. The normalized spacial score (nSPS) is 15.5. The highest BCUT2D eigenvalue weighted by molar-refractivity contribution is 5.76. The largest absolute Gasteiger partial charge is 0.336 e. The molecule has 3 heteroatoms. The fraction of sp³-hybridized carbons (Fsp3) is 0.417. The topological polar surface area (TPSA) is 32.3 Å². The Bertz CT molecular complexity index is 362. The molecule has 1 N–H and O–H groups in total. The monoisotopic (exact) mass is 204 g/mol. The Morgan fingerprint density at radius 3 is 2.87 bits per heavy atom. The maximum Gasteiger partial charge on any atom is 0.317 e. The lowest BCUT2D eigenvalue weighted by Gasteiger charge is -2.14. The number of carbonyl (C=O) groups is 1. The number of aryl methyl sites for hydroxylation is 1. The van der Waals surface area contributed by atoms with Gasteiger partial charge in [-0.1, -0.05) is 24.3 Å². The van der Waals surface area contributed by atoms with Crippen LogP contribution < -0.4 is 5.32 Å². The van der Waals surface area contributed by atoms with Crippen LogP contribution >= 0.6 is 0 Å². The van der Waals surface area contributed by atoms with E-state index in [0.29, 0.717) is 0 Å². The first-order chi connectivity index (χ1) is 7.27. The molecule has 0 spiro atoms. The van der Waals surface area contributed by atoms with Crippen LogP contribution in [0.15, 0.2) is 24.3 Å². The van der Waals surface area contributed by atoms with Gasteiger partial charge in [-0.15, -0.1) is 0 Å². The molecule has 1 aromatic rings. The SMILES string of the molecule is Cc1ccccc1CCN1CCNC1=O. The summed E-state index contributed by atoms with van der Waals surface area (Å²) >= 11 is 0. The summed E-state index contributed by atoms with van der Waals surface area (Å²) in [5.41, 5.74) is 2.63. The van der Waals surface area contributed by atoms with Crippen LogP contribution in [0.25, 0.3) is 0 Å². The van der Waals surface area contributed by atoms with Crippen molar-refractivity contribution in [3.05, 3.63) is 35.4 Å². The molecule has 3 nitrogen and oxygen atoms in total. The number of benzene rings is 1. The summed E-state index contributed by atoms with van der Waals surface area (Å²) in [7, 11) is 0. The lowest BCUT2D eigenvalue weighted by Crippen LogP contribution is -2.30. The summed E-state index contributed by atoms with van der Waals surface area (Å²) in [5.74, 6) is 0. The molecule has 1 aliphatic rings. The molecule has 15 heavy (non-hydrogen) atoms. The van der Waals surface area contributed by atoms with Crippen molar-refractivity contribution in [2.75, 3.05) is 19.6 Å². The maximum atomic E-state index is 11.3. The van der Waals surface area contributed by atoms with Crippen molar-refractivity contribution in [1.82, 2.24) is 10.2 Å². The third kappa shape index (κ3) is 2.29. The van der Waals surface area contributed by atoms with Crippen LogP contribution in [-0.2, 0) is 6.42 Å². The molecule has 0 saturated carbocycles. The smallest absolute Gasteiger partial charge is 0.317 e.